The van der Waals surface area contributed by atoms with Crippen LogP contribution in [0.4, 0.5) is 0 Å². The van der Waals surface area contributed by atoms with Gasteiger partial charge >= 0.3 is 0 Å². The summed E-state index contributed by atoms with van der Waals surface area (Å²) in [6.07, 6.45) is 0. The number of hydrogen-bond donors (Lipinski definition) is 0. The van der Waals surface area contributed by atoms with Crippen LogP contribution in [-0.2, 0) is 6.54 Å². The molecule has 0 saturated heterocycles. The Morgan fingerprint density at radius 1 is 1.50 bits per heavy atom. The summed E-state index contributed by atoms with van der Waals surface area (Å²) in [5, 5.41) is 4.06. The van der Waals surface area contributed by atoms with Crippen molar-refractivity contribution in [3.05, 3.63) is 43.7 Å². The maximum atomic E-state index is 8.08. The SMILES string of the molecule is [N-]=[N+]=NCc1cc(Cl)cc(Br)c1. The summed E-state index contributed by atoms with van der Waals surface area (Å²) in [6, 6.07) is 5.41. The largest absolute Gasteiger partial charge is 0.0893 e. The predicted molar refractivity (Wildman–Crippen MR) is 52.0 cm³/mol. The Morgan fingerprint density at radius 2 is 2.25 bits per heavy atom. The molecular formula is C7H5BrClN3. The van der Waals surface area contributed by atoms with Crippen molar-refractivity contribution >= 4 is 27.5 Å². The standard InChI is InChI=1S/C7H5BrClN3/c8-6-1-5(4-11-12-10)2-7(9)3-6/h1-3H,4H2. The van der Waals surface area contributed by atoms with Gasteiger partial charge in [-0.05, 0) is 29.3 Å². The van der Waals surface area contributed by atoms with Crippen molar-refractivity contribution in [2.45, 2.75) is 6.54 Å². The lowest BCUT2D eigenvalue weighted by molar-refractivity contribution is 1.05. The maximum Gasteiger partial charge on any atom is 0.0511 e. The highest BCUT2D eigenvalue weighted by Gasteiger charge is 1.95. The van der Waals surface area contributed by atoms with Crippen LogP contribution in [0.2, 0.25) is 5.02 Å². The summed E-state index contributed by atoms with van der Waals surface area (Å²) in [4.78, 5) is 2.66. The average Bonchev–Trinajstić information content (AvgIpc) is 1.99. The van der Waals surface area contributed by atoms with Gasteiger partial charge in [0.2, 0.25) is 0 Å². The quantitative estimate of drug-likeness (QED) is 0.431. The fraction of sp³-hybridized carbons (Fsp3) is 0.143. The zero-order chi connectivity index (χ0) is 8.97. The van der Waals surface area contributed by atoms with Gasteiger partial charge in [-0.1, -0.05) is 32.6 Å². The Labute approximate surface area is 83.1 Å². The number of halogens is 2. The van der Waals surface area contributed by atoms with E-state index < -0.39 is 0 Å². The fourth-order valence-electron chi connectivity index (χ4n) is 0.816. The zero-order valence-electron chi connectivity index (χ0n) is 6.04. The number of nitrogens with zero attached hydrogens (tertiary/aromatic N) is 3. The summed E-state index contributed by atoms with van der Waals surface area (Å²) < 4.78 is 0.887. The minimum Gasteiger partial charge on any atom is -0.0893 e. The maximum absolute atomic E-state index is 8.08. The molecule has 62 valence electrons. The van der Waals surface area contributed by atoms with Crippen molar-refractivity contribution in [1.29, 1.82) is 0 Å². The van der Waals surface area contributed by atoms with Gasteiger partial charge in [0, 0.05) is 14.4 Å². The van der Waals surface area contributed by atoms with E-state index in [1.807, 2.05) is 6.07 Å². The molecule has 1 aromatic rings. The third-order valence-corrected chi connectivity index (χ3v) is 1.91. The Kier molecular flexibility index (Phi) is 3.41. The van der Waals surface area contributed by atoms with Crippen molar-refractivity contribution in [3.63, 3.8) is 0 Å². The monoisotopic (exact) mass is 245 g/mol. The minimum absolute atomic E-state index is 0.329. The van der Waals surface area contributed by atoms with Crippen LogP contribution in [0.5, 0.6) is 0 Å². The molecule has 0 aliphatic carbocycles. The van der Waals surface area contributed by atoms with Gasteiger partial charge in [-0.25, -0.2) is 0 Å². The van der Waals surface area contributed by atoms with E-state index in [2.05, 4.69) is 26.0 Å². The first kappa shape index (κ1) is 9.39. The van der Waals surface area contributed by atoms with Gasteiger partial charge in [0.15, 0.2) is 0 Å². The van der Waals surface area contributed by atoms with Crippen LogP contribution in [-0.4, -0.2) is 0 Å². The highest BCUT2D eigenvalue weighted by atomic mass is 79.9. The van der Waals surface area contributed by atoms with E-state index in [1.165, 1.54) is 0 Å². The van der Waals surface area contributed by atoms with Gasteiger partial charge in [-0.2, -0.15) is 0 Å². The van der Waals surface area contributed by atoms with Crippen LogP contribution in [0, 0.1) is 0 Å². The first-order valence-corrected chi connectivity index (χ1v) is 4.35. The van der Waals surface area contributed by atoms with E-state index >= 15 is 0 Å². The van der Waals surface area contributed by atoms with Crippen molar-refractivity contribution in [1.82, 2.24) is 0 Å². The number of rotatable bonds is 2. The number of azide groups is 1. The van der Waals surface area contributed by atoms with Gasteiger partial charge < -0.3 is 0 Å². The van der Waals surface area contributed by atoms with Crippen LogP contribution < -0.4 is 0 Å². The molecular weight excluding hydrogens is 241 g/mol. The van der Waals surface area contributed by atoms with Crippen LogP contribution in [0.1, 0.15) is 5.56 Å². The molecule has 3 nitrogen and oxygen atoms in total. The normalized spacial score (nSPS) is 9.17. The van der Waals surface area contributed by atoms with E-state index in [-0.39, 0.29) is 0 Å². The summed E-state index contributed by atoms with van der Waals surface area (Å²) in [7, 11) is 0. The van der Waals surface area contributed by atoms with E-state index in [0.29, 0.717) is 11.6 Å². The topological polar surface area (TPSA) is 48.8 Å². The van der Waals surface area contributed by atoms with E-state index in [0.717, 1.165) is 10.0 Å². The third kappa shape index (κ3) is 2.74. The molecule has 0 N–H and O–H groups in total. The van der Waals surface area contributed by atoms with Crippen LogP contribution >= 0.6 is 27.5 Å². The molecule has 0 unspecified atom stereocenters. The van der Waals surface area contributed by atoms with Gasteiger partial charge in [-0.15, -0.1) is 0 Å². The van der Waals surface area contributed by atoms with E-state index in [4.69, 9.17) is 17.1 Å². The summed E-state index contributed by atoms with van der Waals surface area (Å²) in [5.41, 5.74) is 8.98. The molecule has 0 aliphatic heterocycles. The molecule has 0 atom stereocenters. The molecule has 0 aromatic heterocycles. The molecule has 0 amide bonds. The van der Waals surface area contributed by atoms with Gasteiger partial charge in [0.25, 0.3) is 0 Å². The van der Waals surface area contributed by atoms with Gasteiger partial charge in [-0.3, -0.25) is 0 Å². The molecule has 0 aliphatic rings. The highest BCUT2D eigenvalue weighted by Crippen LogP contribution is 2.19. The number of hydrogen-bond acceptors (Lipinski definition) is 1. The third-order valence-electron chi connectivity index (χ3n) is 1.24. The molecule has 0 fully saturated rings. The lowest BCUT2D eigenvalue weighted by Gasteiger charge is -1.97. The highest BCUT2D eigenvalue weighted by molar-refractivity contribution is 9.10. The van der Waals surface area contributed by atoms with Gasteiger partial charge in [0.1, 0.15) is 0 Å². The predicted octanol–water partition coefficient (Wildman–Crippen LogP) is 3.91. The molecule has 5 heteroatoms. The summed E-state index contributed by atoms with van der Waals surface area (Å²) in [5.74, 6) is 0. The first-order chi connectivity index (χ1) is 5.72. The van der Waals surface area contributed by atoms with Crippen molar-refractivity contribution in [3.8, 4) is 0 Å². The smallest absolute Gasteiger partial charge is 0.0511 e. The molecule has 0 spiro atoms. The Hall–Kier alpha value is -0.700. The molecule has 1 aromatic carbocycles. The van der Waals surface area contributed by atoms with E-state index in [9.17, 15) is 0 Å². The molecule has 0 bridgehead atoms. The van der Waals surface area contributed by atoms with Crippen molar-refractivity contribution < 1.29 is 0 Å². The zero-order valence-corrected chi connectivity index (χ0v) is 8.38. The van der Waals surface area contributed by atoms with Crippen molar-refractivity contribution in [2.75, 3.05) is 0 Å². The second-order valence-electron chi connectivity index (χ2n) is 2.17. The van der Waals surface area contributed by atoms with Crippen LogP contribution in [0.25, 0.3) is 10.4 Å². The Balaban J connectivity index is 2.92. The lowest BCUT2D eigenvalue weighted by Crippen LogP contribution is -1.79. The van der Waals surface area contributed by atoms with Gasteiger partial charge in [0.05, 0.1) is 6.54 Å². The second-order valence-corrected chi connectivity index (χ2v) is 3.52. The average molecular weight is 246 g/mol. The Morgan fingerprint density at radius 3 is 2.83 bits per heavy atom. The molecule has 12 heavy (non-hydrogen) atoms. The Bertz CT molecular complexity index is 313. The van der Waals surface area contributed by atoms with Crippen LogP contribution in [0.3, 0.4) is 0 Å². The summed E-state index contributed by atoms with van der Waals surface area (Å²) >= 11 is 9.05. The first-order valence-electron chi connectivity index (χ1n) is 3.18. The summed E-state index contributed by atoms with van der Waals surface area (Å²) in [6.45, 7) is 0.329. The molecule has 1 rings (SSSR count). The molecule has 0 radical (unpaired) electrons. The lowest BCUT2D eigenvalue weighted by atomic mass is 10.2. The van der Waals surface area contributed by atoms with Crippen molar-refractivity contribution in [2.24, 2.45) is 5.11 Å². The molecule has 0 heterocycles. The molecule has 0 saturated carbocycles. The van der Waals surface area contributed by atoms with Crippen LogP contribution in [0.15, 0.2) is 27.8 Å². The number of benzene rings is 1. The second kappa shape index (κ2) is 4.36. The fourth-order valence-corrected chi connectivity index (χ4v) is 1.75. The minimum atomic E-state index is 0.329. The van der Waals surface area contributed by atoms with E-state index in [1.54, 1.807) is 12.1 Å².